The number of ether oxygens (including phenoxy) is 1. The smallest absolute Gasteiger partial charge is 0.307 e. The third-order valence-corrected chi connectivity index (χ3v) is 3.04. The zero-order chi connectivity index (χ0) is 18.4. The van der Waals surface area contributed by atoms with E-state index in [-0.39, 0.29) is 12.4 Å². The maximum atomic E-state index is 11.9. The molecule has 0 amide bonds. The molecule has 0 heterocycles. The number of allylic oxidation sites excluding steroid dienone is 6. The lowest BCUT2D eigenvalue weighted by molar-refractivity contribution is -0.873. The van der Waals surface area contributed by atoms with E-state index in [1.165, 1.54) is 0 Å². The Morgan fingerprint density at radius 1 is 1.08 bits per heavy atom. The van der Waals surface area contributed by atoms with E-state index in [2.05, 4.69) is 13.0 Å². The fourth-order valence-corrected chi connectivity index (χ4v) is 2.08. The van der Waals surface area contributed by atoms with Crippen molar-refractivity contribution in [1.82, 2.24) is 0 Å². The van der Waals surface area contributed by atoms with Crippen LogP contribution in [0.2, 0.25) is 0 Å². The van der Waals surface area contributed by atoms with Gasteiger partial charge < -0.3 is 14.3 Å². The summed E-state index contributed by atoms with van der Waals surface area (Å²) in [7, 11) is 5.82. The number of carbonyl (C=O) groups is 2. The minimum absolute atomic E-state index is 0.156. The number of aliphatic carboxylic acids is 1. The average molecular weight is 338 g/mol. The number of carbonyl (C=O) groups excluding carboxylic acids is 1. The maximum Gasteiger partial charge on any atom is 0.307 e. The summed E-state index contributed by atoms with van der Waals surface area (Å²) < 4.78 is 5.88. The number of likely N-dealkylation sites (N-methyl/N-ethyl adjacent to an activating group) is 1. The molecule has 24 heavy (non-hydrogen) atoms. The molecule has 1 unspecified atom stereocenters. The van der Waals surface area contributed by atoms with Gasteiger partial charge in [-0.15, -0.1) is 0 Å². The Labute approximate surface area is 145 Å². The second-order valence-corrected chi connectivity index (χ2v) is 6.72. The Morgan fingerprint density at radius 2 is 1.71 bits per heavy atom. The molecule has 5 heteroatoms. The van der Waals surface area contributed by atoms with Crippen molar-refractivity contribution in [2.75, 3.05) is 27.7 Å². The zero-order valence-electron chi connectivity index (χ0n) is 15.4. The Morgan fingerprint density at radius 3 is 2.25 bits per heavy atom. The van der Waals surface area contributed by atoms with Crippen molar-refractivity contribution in [2.24, 2.45) is 0 Å². The molecule has 136 valence electrons. The molecule has 0 aromatic rings. The Kier molecular flexibility index (Phi) is 11.5. The number of hydrogen-bond acceptors (Lipinski definition) is 3. The molecule has 5 nitrogen and oxygen atoms in total. The average Bonchev–Trinajstić information content (AvgIpc) is 2.42. The van der Waals surface area contributed by atoms with E-state index in [9.17, 15) is 9.59 Å². The number of carboxylic acids is 1. The molecule has 0 bridgehead atoms. The fraction of sp³-hybridized carbons (Fsp3) is 0.579. The molecule has 0 aliphatic heterocycles. The SMILES string of the molecule is CC/C=C/C=C/C=C/CCCC(=O)OC(CC(=O)O)C[N+](C)(C)C. The third kappa shape index (κ3) is 15.0. The number of nitrogens with zero attached hydrogens (tertiary/aromatic N) is 1. The summed E-state index contributed by atoms with van der Waals surface area (Å²) >= 11 is 0. The molecule has 1 atom stereocenters. The Bertz CT molecular complexity index is 458. The van der Waals surface area contributed by atoms with Crippen LogP contribution in [0.4, 0.5) is 0 Å². The molecular formula is C19H32NO4+. The molecular weight excluding hydrogens is 306 g/mol. The summed E-state index contributed by atoms with van der Waals surface area (Å²) in [6.07, 6.45) is 14.0. The number of unbranched alkanes of at least 4 members (excludes halogenated alkanes) is 1. The highest BCUT2D eigenvalue weighted by molar-refractivity contribution is 5.71. The first-order valence-corrected chi connectivity index (χ1v) is 8.44. The highest BCUT2D eigenvalue weighted by atomic mass is 16.5. The van der Waals surface area contributed by atoms with Crippen LogP contribution in [0, 0.1) is 0 Å². The van der Waals surface area contributed by atoms with Gasteiger partial charge in [0.25, 0.3) is 0 Å². The normalized spacial score (nSPS) is 13.8. The highest BCUT2D eigenvalue weighted by Crippen LogP contribution is 2.08. The van der Waals surface area contributed by atoms with Gasteiger partial charge in [-0.25, -0.2) is 0 Å². The van der Waals surface area contributed by atoms with Crippen LogP contribution in [0.15, 0.2) is 36.5 Å². The maximum absolute atomic E-state index is 11.9. The van der Waals surface area contributed by atoms with Gasteiger partial charge in [-0.1, -0.05) is 43.4 Å². The number of esters is 1. The van der Waals surface area contributed by atoms with Gasteiger partial charge in [0.1, 0.15) is 6.54 Å². The summed E-state index contributed by atoms with van der Waals surface area (Å²) in [5, 5.41) is 8.93. The van der Waals surface area contributed by atoms with E-state index < -0.39 is 12.1 Å². The molecule has 0 saturated heterocycles. The van der Waals surface area contributed by atoms with Gasteiger partial charge in [0.2, 0.25) is 0 Å². The van der Waals surface area contributed by atoms with Gasteiger partial charge >= 0.3 is 11.9 Å². The second kappa shape index (κ2) is 12.5. The molecule has 1 N–H and O–H groups in total. The van der Waals surface area contributed by atoms with Crippen LogP contribution in [0.25, 0.3) is 0 Å². The van der Waals surface area contributed by atoms with Crippen LogP contribution >= 0.6 is 0 Å². The first kappa shape index (κ1) is 22.1. The highest BCUT2D eigenvalue weighted by Gasteiger charge is 2.24. The lowest BCUT2D eigenvalue weighted by atomic mass is 10.2. The van der Waals surface area contributed by atoms with Gasteiger partial charge in [0, 0.05) is 6.42 Å². The van der Waals surface area contributed by atoms with Crippen LogP contribution in [0.5, 0.6) is 0 Å². The number of hydrogen-bond donors (Lipinski definition) is 1. The van der Waals surface area contributed by atoms with E-state index in [0.29, 0.717) is 23.9 Å². The van der Waals surface area contributed by atoms with Gasteiger partial charge in [0.15, 0.2) is 6.10 Å². The Balaban J connectivity index is 4.12. The number of rotatable bonds is 12. The Hall–Kier alpha value is -1.88. The topological polar surface area (TPSA) is 63.6 Å². The van der Waals surface area contributed by atoms with Crippen molar-refractivity contribution in [3.05, 3.63) is 36.5 Å². The van der Waals surface area contributed by atoms with Crippen LogP contribution in [0.3, 0.4) is 0 Å². The third-order valence-electron chi connectivity index (χ3n) is 3.04. The van der Waals surface area contributed by atoms with Crippen molar-refractivity contribution in [2.45, 2.75) is 45.1 Å². The molecule has 0 saturated carbocycles. The van der Waals surface area contributed by atoms with Crippen molar-refractivity contribution < 1.29 is 23.9 Å². The molecule has 0 aromatic carbocycles. The molecule has 0 spiro atoms. The van der Waals surface area contributed by atoms with E-state index in [1.54, 1.807) is 0 Å². The molecule has 0 radical (unpaired) electrons. The van der Waals surface area contributed by atoms with Crippen LogP contribution in [0.1, 0.15) is 39.0 Å². The van der Waals surface area contributed by atoms with Crippen LogP contribution in [-0.4, -0.2) is 55.3 Å². The quantitative estimate of drug-likeness (QED) is 0.257. The monoisotopic (exact) mass is 338 g/mol. The first-order valence-electron chi connectivity index (χ1n) is 8.44. The summed E-state index contributed by atoms with van der Waals surface area (Å²) in [5.74, 6) is -1.28. The van der Waals surface area contributed by atoms with E-state index >= 15 is 0 Å². The summed E-state index contributed by atoms with van der Waals surface area (Å²) in [6, 6.07) is 0. The van der Waals surface area contributed by atoms with Crippen LogP contribution < -0.4 is 0 Å². The largest absolute Gasteiger partial charge is 0.481 e. The minimum atomic E-state index is -0.951. The lowest BCUT2D eigenvalue weighted by Crippen LogP contribution is -2.43. The van der Waals surface area contributed by atoms with Crippen LogP contribution in [-0.2, 0) is 14.3 Å². The summed E-state index contributed by atoms with van der Waals surface area (Å²) in [5.41, 5.74) is 0. The minimum Gasteiger partial charge on any atom is -0.481 e. The van der Waals surface area contributed by atoms with Gasteiger partial charge in [-0.05, 0) is 19.3 Å². The van der Waals surface area contributed by atoms with Crippen molar-refractivity contribution >= 4 is 11.9 Å². The van der Waals surface area contributed by atoms with Gasteiger partial charge in [0.05, 0.1) is 27.6 Å². The van der Waals surface area contributed by atoms with Crippen molar-refractivity contribution in [3.8, 4) is 0 Å². The molecule has 0 fully saturated rings. The van der Waals surface area contributed by atoms with Gasteiger partial charge in [-0.2, -0.15) is 0 Å². The lowest BCUT2D eigenvalue weighted by Gasteiger charge is -2.28. The second-order valence-electron chi connectivity index (χ2n) is 6.72. The number of carboxylic acid groups (broad SMARTS) is 1. The predicted octanol–water partition coefficient (Wildman–Crippen LogP) is 3.33. The van der Waals surface area contributed by atoms with Crippen molar-refractivity contribution in [1.29, 1.82) is 0 Å². The van der Waals surface area contributed by atoms with E-state index in [4.69, 9.17) is 9.84 Å². The van der Waals surface area contributed by atoms with E-state index in [0.717, 1.165) is 12.8 Å². The molecule has 0 aliphatic rings. The van der Waals surface area contributed by atoms with Crippen molar-refractivity contribution in [3.63, 3.8) is 0 Å². The summed E-state index contributed by atoms with van der Waals surface area (Å²) in [6.45, 7) is 2.56. The first-order chi connectivity index (χ1) is 11.2. The molecule has 0 aliphatic carbocycles. The van der Waals surface area contributed by atoms with Gasteiger partial charge in [-0.3, -0.25) is 9.59 Å². The fourth-order valence-electron chi connectivity index (χ4n) is 2.08. The number of quaternary nitrogens is 1. The predicted molar refractivity (Wildman–Crippen MR) is 96.6 cm³/mol. The zero-order valence-corrected chi connectivity index (χ0v) is 15.4. The standard InChI is InChI=1S/C19H31NO4/c1-5-6-7-8-9-10-11-12-13-14-19(23)24-17(15-18(21)22)16-20(2,3)4/h6-11,17H,5,12-16H2,1-4H3/p+1/b7-6+,9-8+,11-10+. The van der Waals surface area contributed by atoms with E-state index in [1.807, 2.05) is 51.5 Å². The molecule has 0 aromatic heterocycles. The molecule has 0 rings (SSSR count). The summed E-state index contributed by atoms with van der Waals surface area (Å²) in [4.78, 5) is 22.7.